The summed E-state index contributed by atoms with van der Waals surface area (Å²) in [5.74, 6) is 0.887. The maximum Gasteiger partial charge on any atom is 0.188 e. The molecule has 0 bridgehead atoms. The molecule has 0 amide bonds. The Hall–Kier alpha value is -1.32. The van der Waals surface area contributed by atoms with Crippen LogP contribution >= 0.6 is 11.8 Å². The average Bonchev–Trinajstić information content (AvgIpc) is 2.35. The number of thioether (sulfide) groups is 1. The van der Waals surface area contributed by atoms with Gasteiger partial charge >= 0.3 is 0 Å². The Labute approximate surface area is 124 Å². The first-order chi connectivity index (χ1) is 8.74. The lowest BCUT2D eigenvalue weighted by Crippen LogP contribution is -3.00. The predicted octanol–water partition coefficient (Wildman–Crippen LogP) is 0.903. The number of aryl methyl sites for hydroxylation is 2. The summed E-state index contributed by atoms with van der Waals surface area (Å²) in [4.78, 5) is 8.79. The van der Waals surface area contributed by atoms with E-state index in [2.05, 4.69) is 34.3 Å². The quantitative estimate of drug-likeness (QED) is 0.618. The van der Waals surface area contributed by atoms with Gasteiger partial charge in [0.1, 0.15) is 0 Å². The number of rotatable bonds is 4. The lowest BCUT2D eigenvalue weighted by molar-refractivity contribution is -0.00000389. The van der Waals surface area contributed by atoms with E-state index in [-0.39, 0.29) is 12.4 Å². The first kappa shape index (κ1) is 15.7. The van der Waals surface area contributed by atoms with Gasteiger partial charge in [0.25, 0.3) is 0 Å². The monoisotopic (exact) mass is 291 g/mol. The highest BCUT2D eigenvalue weighted by atomic mass is 35.5. The van der Waals surface area contributed by atoms with Crippen LogP contribution < -0.4 is 12.4 Å². The molecule has 0 N–H and O–H groups in total. The normalized spacial score (nSPS) is 10.4. The van der Waals surface area contributed by atoms with E-state index < -0.39 is 0 Å². The zero-order valence-corrected chi connectivity index (χ0v) is 12.6. The minimum atomic E-state index is 0. The topological polar surface area (TPSA) is 25.8 Å². The smallest absolute Gasteiger partial charge is 0.188 e. The third-order valence-electron chi connectivity index (χ3n) is 2.38. The first-order valence-electron chi connectivity index (χ1n) is 5.91. The zero-order chi connectivity index (χ0) is 12.8. The van der Waals surface area contributed by atoms with Gasteiger partial charge in [0.15, 0.2) is 5.16 Å². The van der Waals surface area contributed by atoms with Crippen LogP contribution in [0.5, 0.6) is 0 Å². The van der Waals surface area contributed by atoms with E-state index in [0.29, 0.717) is 0 Å². The summed E-state index contributed by atoms with van der Waals surface area (Å²) in [5.41, 5.74) is 3.27. The second kappa shape index (κ2) is 7.97. The molecule has 0 radical (unpaired) electrons. The van der Waals surface area contributed by atoms with E-state index in [1.54, 1.807) is 11.8 Å². The molecule has 0 spiro atoms. The SMILES string of the molecule is Cc1cc(C)nc(SC/C=C/c2ccccc2)n1.[Cl-]. The lowest BCUT2D eigenvalue weighted by Gasteiger charge is -2.00. The van der Waals surface area contributed by atoms with E-state index >= 15 is 0 Å². The second-order valence-corrected chi connectivity index (χ2v) is 5.04. The van der Waals surface area contributed by atoms with Gasteiger partial charge in [0, 0.05) is 17.1 Å². The van der Waals surface area contributed by atoms with E-state index in [4.69, 9.17) is 0 Å². The van der Waals surface area contributed by atoms with Crippen molar-refractivity contribution in [1.82, 2.24) is 9.97 Å². The Morgan fingerprint density at radius 2 is 1.68 bits per heavy atom. The van der Waals surface area contributed by atoms with Gasteiger partial charge in [0.05, 0.1) is 0 Å². The van der Waals surface area contributed by atoms with E-state index in [9.17, 15) is 0 Å². The van der Waals surface area contributed by atoms with Crippen LogP contribution in [0.2, 0.25) is 0 Å². The van der Waals surface area contributed by atoms with Gasteiger partial charge in [-0.2, -0.15) is 0 Å². The molecule has 2 nitrogen and oxygen atoms in total. The molecule has 100 valence electrons. The summed E-state index contributed by atoms with van der Waals surface area (Å²) in [7, 11) is 0. The van der Waals surface area contributed by atoms with Crippen molar-refractivity contribution in [1.29, 1.82) is 0 Å². The standard InChI is InChI=1S/C15H16N2S.ClH/c1-12-11-13(2)17-15(16-12)18-10-6-9-14-7-4-3-5-8-14;/h3-9,11H,10H2,1-2H3;1H/p-1/b9-6+;. The number of halogens is 1. The molecule has 0 atom stereocenters. The van der Waals surface area contributed by atoms with Gasteiger partial charge in [-0.15, -0.1) is 0 Å². The van der Waals surface area contributed by atoms with Crippen LogP contribution in [-0.4, -0.2) is 15.7 Å². The van der Waals surface area contributed by atoms with Crippen molar-refractivity contribution >= 4 is 17.8 Å². The fourth-order valence-corrected chi connectivity index (χ4v) is 2.39. The number of hydrogen-bond donors (Lipinski definition) is 0. The predicted molar refractivity (Wildman–Crippen MR) is 77.7 cm³/mol. The van der Waals surface area contributed by atoms with Gasteiger partial charge in [-0.3, -0.25) is 0 Å². The Balaban J connectivity index is 0.00000180. The summed E-state index contributed by atoms with van der Waals surface area (Å²) >= 11 is 1.66. The highest BCUT2D eigenvalue weighted by molar-refractivity contribution is 7.99. The minimum absolute atomic E-state index is 0. The number of aromatic nitrogens is 2. The second-order valence-electron chi connectivity index (χ2n) is 4.06. The summed E-state index contributed by atoms with van der Waals surface area (Å²) in [5, 5.41) is 0.852. The number of benzene rings is 1. The highest BCUT2D eigenvalue weighted by Gasteiger charge is 1.98. The maximum absolute atomic E-state index is 4.40. The molecule has 0 saturated carbocycles. The molecule has 4 heteroatoms. The lowest BCUT2D eigenvalue weighted by atomic mass is 10.2. The molecule has 0 fully saturated rings. The van der Waals surface area contributed by atoms with Gasteiger partial charge in [0.2, 0.25) is 0 Å². The summed E-state index contributed by atoms with van der Waals surface area (Å²) < 4.78 is 0. The van der Waals surface area contributed by atoms with Crippen LogP contribution in [-0.2, 0) is 0 Å². The van der Waals surface area contributed by atoms with Crippen molar-refractivity contribution in [3.8, 4) is 0 Å². The molecule has 2 rings (SSSR count). The van der Waals surface area contributed by atoms with Crippen LogP contribution in [0.3, 0.4) is 0 Å². The maximum atomic E-state index is 4.40. The van der Waals surface area contributed by atoms with Crippen molar-refractivity contribution in [3.05, 3.63) is 59.4 Å². The van der Waals surface area contributed by atoms with Gasteiger partial charge in [-0.05, 0) is 25.5 Å². The number of nitrogens with zero attached hydrogens (tertiary/aromatic N) is 2. The fourth-order valence-electron chi connectivity index (χ4n) is 1.63. The third-order valence-corrected chi connectivity index (χ3v) is 3.18. The molecule has 1 aromatic heterocycles. The molecule has 19 heavy (non-hydrogen) atoms. The van der Waals surface area contributed by atoms with Crippen molar-refractivity contribution < 1.29 is 12.4 Å². The molecule has 0 aliphatic carbocycles. The van der Waals surface area contributed by atoms with Gasteiger partial charge in [-0.1, -0.05) is 54.2 Å². The molecular formula is C15H16ClN2S-. The average molecular weight is 292 g/mol. The Kier molecular flexibility index (Phi) is 6.60. The number of hydrogen-bond acceptors (Lipinski definition) is 3. The summed E-state index contributed by atoms with van der Waals surface area (Å²) in [6, 6.07) is 12.3. The zero-order valence-electron chi connectivity index (χ0n) is 11.0. The molecule has 0 unspecified atom stereocenters. The van der Waals surface area contributed by atoms with Crippen LogP contribution in [0.25, 0.3) is 6.08 Å². The molecule has 2 aromatic rings. The van der Waals surface area contributed by atoms with E-state index in [1.807, 2.05) is 38.1 Å². The van der Waals surface area contributed by atoms with Gasteiger partial charge < -0.3 is 12.4 Å². The van der Waals surface area contributed by atoms with Crippen molar-refractivity contribution in [3.63, 3.8) is 0 Å². The molecular weight excluding hydrogens is 276 g/mol. The molecule has 0 aliphatic heterocycles. The molecule has 1 heterocycles. The Morgan fingerprint density at radius 3 is 2.32 bits per heavy atom. The fraction of sp³-hybridized carbons (Fsp3) is 0.200. The van der Waals surface area contributed by atoms with Crippen molar-refractivity contribution in [2.45, 2.75) is 19.0 Å². The Bertz CT molecular complexity index is 521. The summed E-state index contributed by atoms with van der Waals surface area (Å²) in [6.07, 6.45) is 4.26. The van der Waals surface area contributed by atoms with Crippen LogP contribution in [0, 0.1) is 13.8 Å². The largest absolute Gasteiger partial charge is 1.00 e. The van der Waals surface area contributed by atoms with Crippen LogP contribution in [0.15, 0.2) is 47.6 Å². The first-order valence-corrected chi connectivity index (χ1v) is 6.89. The summed E-state index contributed by atoms with van der Waals surface area (Å²) in [6.45, 7) is 4.00. The van der Waals surface area contributed by atoms with E-state index in [0.717, 1.165) is 22.3 Å². The minimum Gasteiger partial charge on any atom is -1.00 e. The Morgan fingerprint density at radius 1 is 1.05 bits per heavy atom. The van der Waals surface area contributed by atoms with Crippen LogP contribution in [0.1, 0.15) is 17.0 Å². The third kappa shape index (κ3) is 5.45. The van der Waals surface area contributed by atoms with Crippen LogP contribution in [0.4, 0.5) is 0 Å². The van der Waals surface area contributed by atoms with Crippen molar-refractivity contribution in [2.75, 3.05) is 5.75 Å². The molecule has 0 saturated heterocycles. The molecule has 0 aliphatic rings. The van der Waals surface area contributed by atoms with Crippen molar-refractivity contribution in [2.24, 2.45) is 0 Å². The molecule has 1 aromatic carbocycles. The van der Waals surface area contributed by atoms with E-state index in [1.165, 1.54) is 5.56 Å². The highest BCUT2D eigenvalue weighted by Crippen LogP contribution is 2.14. The van der Waals surface area contributed by atoms with Gasteiger partial charge in [-0.25, -0.2) is 9.97 Å².